The van der Waals surface area contributed by atoms with Gasteiger partial charge in [0.2, 0.25) is 0 Å². The summed E-state index contributed by atoms with van der Waals surface area (Å²) in [5.74, 6) is 0.569. The summed E-state index contributed by atoms with van der Waals surface area (Å²) in [7, 11) is 0. The monoisotopic (exact) mass is 298 g/mol. The van der Waals surface area contributed by atoms with E-state index in [1.165, 1.54) is 12.3 Å². The first-order chi connectivity index (χ1) is 10.7. The minimum absolute atomic E-state index is 0.000425. The molecule has 0 fully saturated rings. The molecule has 0 bridgehead atoms. The largest absolute Gasteiger partial charge is 0.402 e. The van der Waals surface area contributed by atoms with E-state index in [9.17, 15) is 4.39 Å². The van der Waals surface area contributed by atoms with Gasteiger partial charge in [0.05, 0.1) is 6.04 Å². The highest BCUT2D eigenvalue weighted by Crippen LogP contribution is 2.25. The summed E-state index contributed by atoms with van der Waals surface area (Å²) in [6, 6.07) is 5.17. The maximum Gasteiger partial charge on any atom is 0.126 e. The second kappa shape index (κ2) is 5.97. The molecule has 0 saturated carbocycles. The second-order valence-electron chi connectivity index (χ2n) is 5.28. The van der Waals surface area contributed by atoms with Crippen molar-refractivity contribution in [1.82, 2.24) is 16.0 Å². The molecule has 5 heteroatoms. The van der Waals surface area contributed by atoms with Crippen molar-refractivity contribution in [1.29, 1.82) is 0 Å². The van der Waals surface area contributed by atoms with Gasteiger partial charge in [0, 0.05) is 30.2 Å². The predicted molar refractivity (Wildman–Crippen MR) is 86.7 cm³/mol. The van der Waals surface area contributed by atoms with Gasteiger partial charge >= 0.3 is 0 Å². The van der Waals surface area contributed by atoms with Crippen LogP contribution in [-0.4, -0.2) is 12.6 Å². The second-order valence-corrected chi connectivity index (χ2v) is 5.28. The highest BCUT2D eigenvalue weighted by Gasteiger charge is 2.20. The van der Waals surface area contributed by atoms with Gasteiger partial charge in [-0.3, -0.25) is 0 Å². The first kappa shape index (κ1) is 14.3. The van der Waals surface area contributed by atoms with Gasteiger partial charge in [-0.25, -0.2) is 4.39 Å². The van der Waals surface area contributed by atoms with Crippen LogP contribution < -0.4 is 21.7 Å². The summed E-state index contributed by atoms with van der Waals surface area (Å²) in [4.78, 5) is 0. The van der Waals surface area contributed by atoms with Crippen molar-refractivity contribution in [3.05, 3.63) is 77.2 Å². The summed E-state index contributed by atoms with van der Waals surface area (Å²) >= 11 is 0. The zero-order valence-corrected chi connectivity index (χ0v) is 12.4. The average molecular weight is 298 g/mol. The highest BCUT2D eigenvalue weighted by molar-refractivity contribution is 5.73. The summed E-state index contributed by atoms with van der Waals surface area (Å²) in [5.41, 5.74) is 9.28. The molecule has 5 N–H and O–H groups in total. The molecule has 0 radical (unpaired) electrons. The first-order valence-corrected chi connectivity index (χ1v) is 7.22. The average Bonchev–Trinajstić information content (AvgIpc) is 2.57. The van der Waals surface area contributed by atoms with Crippen LogP contribution in [0.25, 0.3) is 5.70 Å². The molecule has 1 unspecified atom stereocenters. The summed E-state index contributed by atoms with van der Waals surface area (Å²) < 4.78 is 13.5. The molecular weight excluding hydrogens is 279 g/mol. The lowest BCUT2D eigenvalue weighted by Gasteiger charge is -2.28. The lowest BCUT2D eigenvalue weighted by molar-refractivity contribution is 0.618. The van der Waals surface area contributed by atoms with E-state index in [1.807, 2.05) is 18.3 Å². The van der Waals surface area contributed by atoms with Gasteiger partial charge in [-0.05, 0) is 42.3 Å². The number of benzene rings is 1. The Morgan fingerprint density at radius 1 is 1.36 bits per heavy atom. The van der Waals surface area contributed by atoms with Crippen molar-refractivity contribution in [2.45, 2.75) is 13.0 Å². The maximum absolute atomic E-state index is 13.5. The zero-order chi connectivity index (χ0) is 15.5. The summed E-state index contributed by atoms with van der Waals surface area (Å²) in [6.07, 6.45) is 9.54. The molecule has 114 valence electrons. The Morgan fingerprint density at radius 3 is 3.00 bits per heavy atom. The third-order valence-corrected chi connectivity index (χ3v) is 3.77. The third kappa shape index (κ3) is 2.70. The molecular formula is C17H19FN4. The third-order valence-electron chi connectivity index (χ3n) is 3.77. The van der Waals surface area contributed by atoms with Crippen LogP contribution in [0.1, 0.15) is 11.1 Å². The van der Waals surface area contributed by atoms with E-state index in [0.29, 0.717) is 5.56 Å². The Labute approximate surface area is 129 Å². The van der Waals surface area contributed by atoms with Crippen molar-refractivity contribution in [2.24, 2.45) is 5.73 Å². The number of hydrogen-bond acceptors (Lipinski definition) is 4. The normalized spacial score (nSPS) is 22.3. The van der Waals surface area contributed by atoms with Gasteiger partial charge < -0.3 is 21.7 Å². The SMILES string of the molecule is Cc1cc(C2=C(C3C=CN/C(=C\N)N3)C=CCN2)ccc1F. The lowest BCUT2D eigenvalue weighted by atomic mass is 9.95. The minimum atomic E-state index is -0.189. The van der Waals surface area contributed by atoms with Crippen LogP contribution in [0.5, 0.6) is 0 Å². The Hall–Kier alpha value is -2.69. The highest BCUT2D eigenvalue weighted by atomic mass is 19.1. The smallest absolute Gasteiger partial charge is 0.126 e. The van der Waals surface area contributed by atoms with Crippen LogP contribution >= 0.6 is 0 Å². The topological polar surface area (TPSA) is 62.1 Å². The Kier molecular flexibility index (Phi) is 3.87. The summed E-state index contributed by atoms with van der Waals surface area (Å²) in [6.45, 7) is 2.53. The minimum Gasteiger partial charge on any atom is -0.402 e. The molecule has 2 heterocycles. The maximum atomic E-state index is 13.5. The van der Waals surface area contributed by atoms with Crippen molar-refractivity contribution >= 4 is 5.70 Å². The molecule has 1 aromatic rings. The number of nitrogens with one attached hydrogen (secondary N) is 3. The molecule has 0 amide bonds. The fourth-order valence-electron chi connectivity index (χ4n) is 2.63. The lowest BCUT2D eigenvalue weighted by Crippen LogP contribution is -2.39. The number of dihydropyridines is 1. The van der Waals surface area contributed by atoms with Crippen LogP contribution in [0.15, 0.2) is 60.2 Å². The van der Waals surface area contributed by atoms with Crippen molar-refractivity contribution < 1.29 is 4.39 Å². The Morgan fingerprint density at radius 2 is 2.23 bits per heavy atom. The van der Waals surface area contributed by atoms with E-state index in [1.54, 1.807) is 13.0 Å². The Balaban J connectivity index is 2.03. The Bertz CT molecular complexity index is 701. The molecule has 2 aliphatic rings. The first-order valence-electron chi connectivity index (χ1n) is 7.22. The van der Waals surface area contributed by atoms with E-state index >= 15 is 0 Å². The zero-order valence-electron chi connectivity index (χ0n) is 12.4. The molecule has 0 aromatic heterocycles. The molecule has 4 nitrogen and oxygen atoms in total. The van der Waals surface area contributed by atoms with Crippen molar-refractivity contribution in [2.75, 3.05) is 6.54 Å². The van der Waals surface area contributed by atoms with Gasteiger partial charge in [0.15, 0.2) is 0 Å². The quantitative estimate of drug-likeness (QED) is 0.673. The number of rotatable bonds is 2. The molecule has 1 aromatic carbocycles. The number of nitrogens with two attached hydrogens (primary N) is 1. The van der Waals surface area contributed by atoms with Crippen molar-refractivity contribution in [3.63, 3.8) is 0 Å². The van der Waals surface area contributed by atoms with Crippen LogP contribution in [-0.2, 0) is 0 Å². The van der Waals surface area contributed by atoms with E-state index in [-0.39, 0.29) is 11.9 Å². The predicted octanol–water partition coefficient (Wildman–Crippen LogP) is 1.84. The van der Waals surface area contributed by atoms with Gasteiger partial charge in [-0.15, -0.1) is 0 Å². The fraction of sp³-hybridized carbons (Fsp3) is 0.176. The van der Waals surface area contributed by atoms with E-state index < -0.39 is 0 Å². The molecule has 0 saturated heterocycles. The molecule has 22 heavy (non-hydrogen) atoms. The van der Waals surface area contributed by atoms with Crippen LogP contribution in [0.3, 0.4) is 0 Å². The van der Waals surface area contributed by atoms with Crippen LogP contribution in [0, 0.1) is 12.7 Å². The van der Waals surface area contributed by atoms with E-state index in [2.05, 4.69) is 28.1 Å². The van der Waals surface area contributed by atoms with Gasteiger partial charge in [-0.1, -0.05) is 12.2 Å². The van der Waals surface area contributed by atoms with Crippen LogP contribution in [0.2, 0.25) is 0 Å². The molecule has 1 atom stereocenters. The number of hydrogen-bond donors (Lipinski definition) is 4. The standard InChI is InChI=1S/C17H19FN4/c1-11-9-12(4-5-14(11)18)17-13(3-2-7-21-17)15-6-8-20-16(10-19)22-15/h2-6,8-10,15,20-22H,7,19H2,1H3/b16-10+. The van der Waals surface area contributed by atoms with Gasteiger partial charge in [0.1, 0.15) is 11.6 Å². The fourth-order valence-corrected chi connectivity index (χ4v) is 2.63. The number of aryl methyl sites for hydroxylation is 1. The molecule has 0 spiro atoms. The number of halogens is 1. The molecule has 3 rings (SSSR count). The van der Waals surface area contributed by atoms with Crippen molar-refractivity contribution in [3.8, 4) is 0 Å². The van der Waals surface area contributed by atoms with E-state index in [4.69, 9.17) is 5.73 Å². The van der Waals surface area contributed by atoms with Gasteiger partial charge in [0.25, 0.3) is 0 Å². The molecule has 0 aliphatic carbocycles. The van der Waals surface area contributed by atoms with Gasteiger partial charge in [-0.2, -0.15) is 0 Å². The molecule has 2 aliphatic heterocycles. The van der Waals surface area contributed by atoms with E-state index in [0.717, 1.165) is 29.2 Å². The summed E-state index contributed by atoms with van der Waals surface area (Å²) in [5, 5.41) is 9.74. The van der Waals surface area contributed by atoms with Crippen LogP contribution in [0.4, 0.5) is 4.39 Å².